The molecule has 0 atom stereocenters. The van der Waals surface area contributed by atoms with Crippen LogP contribution in [0.1, 0.15) is 5.56 Å². The average molecular weight is 387 g/mol. The largest absolute Gasteiger partial charge is 0.501 e. The molecule has 1 aliphatic rings. The van der Waals surface area contributed by atoms with Crippen LogP contribution >= 0.6 is 0 Å². The van der Waals surface area contributed by atoms with Crippen LogP contribution in [0.15, 0.2) is 47.4 Å². The highest BCUT2D eigenvalue weighted by molar-refractivity contribution is 7.92. The maximum atomic E-state index is 12.9. The highest BCUT2D eigenvalue weighted by Gasteiger charge is 2.48. The van der Waals surface area contributed by atoms with Crippen molar-refractivity contribution in [3.63, 3.8) is 0 Å². The second-order valence-corrected chi connectivity index (χ2v) is 7.66. The molecule has 0 N–H and O–H groups in total. The number of hydrogen-bond donors (Lipinski definition) is 0. The first-order chi connectivity index (χ1) is 12.2. The van der Waals surface area contributed by atoms with E-state index in [1.165, 1.54) is 30.1 Å². The summed E-state index contributed by atoms with van der Waals surface area (Å²) in [5, 5.41) is 0. The number of rotatable bonds is 4. The molecule has 1 heterocycles. The molecule has 0 unspecified atom stereocenters. The van der Waals surface area contributed by atoms with Gasteiger partial charge in [-0.05, 0) is 29.8 Å². The van der Waals surface area contributed by atoms with Gasteiger partial charge in [-0.3, -0.25) is 0 Å². The van der Waals surface area contributed by atoms with E-state index < -0.39 is 20.2 Å². The van der Waals surface area contributed by atoms with Gasteiger partial charge in [-0.15, -0.1) is 0 Å². The highest BCUT2D eigenvalue weighted by Crippen LogP contribution is 2.36. The van der Waals surface area contributed by atoms with Crippen LogP contribution in [0.25, 0.3) is 0 Å². The molecular formula is C17H16F3NO4S. The third kappa shape index (κ3) is 3.44. The Hall–Kier alpha value is -2.42. The van der Waals surface area contributed by atoms with Gasteiger partial charge in [0.05, 0.1) is 10.6 Å². The monoisotopic (exact) mass is 387 g/mol. The Bertz CT molecular complexity index is 912. The summed E-state index contributed by atoms with van der Waals surface area (Å²) in [5.41, 5.74) is -4.64. The standard InChI is InChI=1S/C17H16F3NO4S/c1-21(11-12-6-7-14-15(10-12)25-9-8-24-14)13-4-2-3-5-16(13)26(22,23)17(18,19)20/h2-7,10H,8-9,11H2,1H3. The zero-order valence-electron chi connectivity index (χ0n) is 13.8. The zero-order chi connectivity index (χ0) is 18.9. The molecule has 0 aromatic heterocycles. The molecule has 0 bridgehead atoms. The first-order valence-corrected chi connectivity index (χ1v) is 9.18. The lowest BCUT2D eigenvalue weighted by Gasteiger charge is -2.24. The van der Waals surface area contributed by atoms with Crippen molar-refractivity contribution in [3.05, 3.63) is 48.0 Å². The van der Waals surface area contributed by atoms with Gasteiger partial charge in [0.25, 0.3) is 9.84 Å². The molecule has 0 radical (unpaired) electrons. The molecule has 5 nitrogen and oxygen atoms in total. The number of sulfone groups is 1. The molecule has 0 saturated heterocycles. The SMILES string of the molecule is CN(Cc1ccc2c(c1)OCCO2)c1ccccc1S(=O)(=O)C(F)(F)F. The lowest BCUT2D eigenvalue weighted by molar-refractivity contribution is -0.0435. The number of hydrogen-bond acceptors (Lipinski definition) is 5. The van der Waals surface area contributed by atoms with Crippen LogP contribution in [-0.2, 0) is 16.4 Å². The fourth-order valence-electron chi connectivity index (χ4n) is 2.67. The van der Waals surface area contributed by atoms with Crippen molar-refractivity contribution < 1.29 is 31.1 Å². The van der Waals surface area contributed by atoms with Crippen LogP contribution in [-0.4, -0.2) is 34.2 Å². The number of halogens is 3. The van der Waals surface area contributed by atoms with Gasteiger partial charge in [-0.25, -0.2) is 8.42 Å². The van der Waals surface area contributed by atoms with Crippen LogP contribution < -0.4 is 14.4 Å². The molecule has 1 aliphatic heterocycles. The molecule has 0 fully saturated rings. The van der Waals surface area contributed by atoms with Gasteiger partial charge in [0, 0.05) is 13.6 Å². The molecule has 2 aromatic carbocycles. The van der Waals surface area contributed by atoms with E-state index in [-0.39, 0.29) is 12.2 Å². The van der Waals surface area contributed by atoms with Gasteiger partial charge in [0.2, 0.25) is 0 Å². The molecule has 0 saturated carbocycles. The third-order valence-electron chi connectivity index (χ3n) is 3.90. The van der Waals surface area contributed by atoms with E-state index in [2.05, 4.69) is 0 Å². The van der Waals surface area contributed by atoms with Gasteiger partial charge >= 0.3 is 5.51 Å². The molecule has 3 rings (SSSR count). The molecule has 26 heavy (non-hydrogen) atoms. The quantitative estimate of drug-likeness (QED) is 0.805. The third-order valence-corrected chi connectivity index (χ3v) is 5.43. The van der Waals surface area contributed by atoms with Crippen LogP contribution in [0, 0.1) is 0 Å². The van der Waals surface area contributed by atoms with Crippen molar-refractivity contribution in [1.29, 1.82) is 0 Å². The summed E-state index contributed by atoms with van der Waals surface area (Å²) >= 11 is 0. The molecule has 0 amide bonds. The van der Waals surface area contributed by atoms with E-state index >= 15 is 0 Å². The number of anilines is 1. The molecule has 0 aliphatic carbocycles. The number of fused-ring (bicyclic) bond motifs is 1. The summed E-state index contributed by atoms with van der Waals surface area (Å²) in [6, 6.07) is 10.3. The molecule has 140 valence electrons. The molecule has 9 heteroatoms. The maximum absolute atomic E-state index is 12.9. The normalized spacial score (nSPS) is 14.2. The Labute approximate surface area is 148 Å². The Balaban J connectivity index is 1.91. The van der Waals surface area contributed by atoms with Gasteiger partial charge in [0.1, 0.15) is 13.2 Å². The van der Waals surface area contributed by atoms with Crippen LogP contribution in [0.5, 0.6) is 11.5 Å². The van der Waals surface area contributed by atoms with E-state index in [1.54, 1.807) is 18.2 Å². The van der Waals surface area contributed by atoms with E-state index in [9.17, 15) is 21.6 Å². The fourth-order valence-corrected chi connectivity index (χ4v) is 3.68. The van der Waals surface area contributed by atoms with Crippen molar-refractivity contribution >= 4 is 15.5 Å². The van der Waals surface area contributed by atoms with Crippen LogP contribution in [0.4, 0.5) is 18.9 Å². The minimum atomic E-state index is -5.45. The van der Waals surface area contributed by atoms with Crippen LogP contribution in [0.3, 0.4) is 0 Å². The summed E-state index contributed by atoms with van der Waals surface area (Å²) < 4.78 is 73.4. The van der Waals surface area contributed by atoms with Gasteiger partial charge < -0.3 is 14.4 Å². The Morgan fingerprint density at radius 3 is 2.38 bits per heavy atom. The number of benzene rings is 2. The van der Waals surface area contributed by atoms with Crippen LogP contribution in [0.2, 0.25) is 0 Å². The number of para-hydroxylation sites is 1. The summed E-state index contributed by atoms with van der Waals surface area (Å²) in [6.45, 7) is 1.06. The number of nitrogens with zero attached hydrogens (tertiary/aromatic N) is 1. The van der Waals surface area contributed by atoms with Crippen molar-refractivity contribution in [2.45, 2.75) is 16.9 Å². The minimum absolute atomic E-state index is 0.0280. The lowest BCUT2D eigenvalue weighted by atomic mass is 10.1. The Morgan fingerprint density at radius 2 is 1.69 bits per heavy atom. The molecular weight excluding hydrogens is 371 g/mol. The van der Waals surface area contributed by atoms with Gasteiger partial charge in [-0.1, -0.05) is 18.2 Å². The van der Waals surface area contributed by atoms with Gasteiger partial charge in [-0.2, -0.15) is 13.2 Å². The Morgan fingerprint density at radius 1 is 1.04 bits per heavy atom. The molecule has 0 spiro atoms. The summed E-state index contributed by atoms with van der Waals surface area (Å²) in [6.07, 6.45) is 0. The van der Waals surface area contributed by atoms with Crippen molar-refractivity contribution in [3.8, 4) is 11.5 Å². The van der Waals surface area contributed by atoms with Crippen molar-refractivity contribution in [2.24, 2.45) is 0 Å². The fraction of sp³-hybridized carbons (Fsp3) is 0.294. The van der Waals surface area contributed by atoms with Gasteiger partial charge in [0.15, 0.2) is 11.5 Å². The zero-order valence-corrected chi connectivity index (χ0v) is 14.6. The Kier molecular flexibility index (Phi) is 4.74. The average Bonchev–Trinajstić information content (AvgIpc) is 2.60. The lowest BCUT2D eigenvalue weighted by Crippen LogP contribution is -2.26. The van der Waals surface area contributed by atoms with Crippen molar-refractivity contribution in [2.75, 3.05) is 25.2 Å². The summed E-state index contributed by atoms with van der Waals surface area (Å²) in [7, 11) is -3.92. The summed E-state index contributed by atoms with van der Waals surface area (Å²) in [4.78, 5) is 0.678. The predicted molar refractivity (Wildman–Crippen MR) is 89.2 cm³/mol. The van der Waals surface area contributed by atoms with E-state index in [1.807, 2.05) is 0 Å². The van der Waals surface area contributed by atoms with E-state index in [0.29, 0.717) is 24.7 Å². The van der Waals surface area contributed by atoms with E-state index in [0.717, 1.165) is 11.6 Å². The first kappa shape index (κ1) is 18.4. The highest BCUT2D eigenvalue weighted by atomic mass is 32.2. The molecule has 2 aromatic rings. The van der Waals surface area contributed by atoms with Crippen molar-refractivity contribution in [1.82, 2.24) is 0 Å². The topological polar surface area (TPSA) is 55.8 Å². The second kappa shape index (κ2) is 6.71. The van der Waals surface area contributed by atoms with E-state index in [4.69, 9.17) is 9.47 Å². The smallest absolute Gasteiger partial charge is 0.486 e. The first-order valence-electron chi connectivity index (χ1n) is 7.70. The minimum Gasteiger partial charge on any atom is -0.486 e. The summed E-state index contributed by atoms with van der Waals surface area (Å²) in [5.74, 6) is 1.15. The maximum Gasteiger partial charge on any atom is 0.501 e. The second-order valence-electron chi connectivity index (χ2n) is 5.75. The predicted octanol–water partition coefficient (Wildman–Crippen LogP) is 3.39. The number of alkyl halides is 3. The number of ether oxygens (including phenoxy) is 2.